The highest BCUT2D eigenvalue weighted by molar-refractivity contribution is 5.94. The molecule has 1 N–H and O–H groups in total. The summed E-state index contributed by atoms with van der Waals surface area (Å²) in [5.41, 5.74) is -0.543. The van der Waals surface area contributed by atoms with E-state index >= 15 is 0 Å². The second-order valence-electron chi connectivity index (χ2n) is 3.91. The normalized spacial score (nSPS) is 10.4. The molecule has 5 nitrogen and oxygen atoms in total. The molecule has 0 radical (unpaired) electrons. The lowest BCUT2D eigenvalue weighted by Crippen LogP contribution is -2.33. The van der Waals surface area contributed by atoms with Gasteiger partial charge < -0.3 is 5.32 Å². The molecule has 6 heteroatoms. The molecular weight excluding hydrogens is 239 g/mol. The van der Waals surface area contributed by atoms with E-state index in [4.69, 9.17) is 0 Å². The van der Waals surface area contributed by atoms with Crippen molar-refractivity contribution in [1.82, 2.24) is 5.32 Å². The summed E-state index contributed by atoms with van der Waals surface area (Å²) < 4.78 is 13.3. The Hall–Kier alpha value is -1.98. The van der Waals surface area contributed by atoms with Crippen molar-refractivity contribution in [2.45, 2.75) is 32.7 Å². The van der Waals surface area contributed by atoms with Crippen molar-refractivity contribution < 1.29 is 14.1 Å². The molecule has 0 atom stereocenters. The lowest BCUT2D eigenvalue weighted by molar-refractivity contribution is -0.387. The zero-order valence-electron chi connectivity index (χ0n) is 10.3. The SMILES string of the molecule is CCC(CC)NC(=O)c1ccc([N+](=O)[O-])c(F)c1. The van der Waals surface area contributed by atoms with Gasteiger partial charge in [-0.3, -0.25) is 14.9 Å². The van der Waals surface area contributed by atoms with Crippen LogP contribution < -0.4 is 5.32 Å². The minimum Gasteiger partial charge on any atom is -0.349 e. The first-order valence-electron chi connectivity index (χ1n) is 5.74. The molecule has 0 aliphatic heterocycles. The van der Waals surface area contributed by atoms with Crippen LogP contribution in [0.25, 0.3) is 0 Å². The summed E-state index contributed by atoms with van der Waals surface area (Å²) in [6, 6.07) is 3.15. The summed E-state index contributed by atoms with van der Waals surface area (Å²) in [4.78, 5) is 21.4. The van der Waals surface area contributed by atoms with E-state index in [1.165, 1.54) is 6.07 Å². The van der Waals surface area contributed by atoms with Gasteiger partial charge in [0.25, 0.3) is 5.91 Å². The molecule has 0 aromatic heterocycles. The Labute approximate surface area is 104 Å². The van der Waals surface area contributed by atoms with Crippen LogP contribution in [0.2, 0.25) is 0 Å². The lowest BCUT2D eigenvalue weighted by Gasteiger charge is -2.14. The minimum atomic E-state index is -1.00. The molecule has 0 heterocycles. The molecule has 0 saturated carbocycles. The van der Waals surface area contributed by atoms with Crippen LogP contribution in [-0.2, 0) is 0 Å². The zero-order chi connectivity index (χ0) is 13.7. The number of carbonyl (C=O) groups excluding carboxylic acids is 1. The largest absolute Gasteiger partial charge is 0.349 e. The second-order valence-corrected chi connectivity index (χ2v) is 3.91. The summed E-state index contributed by atoms with van der Waals surface area (Å²) in [5, 5.41) is 13.2. The zero-order valence-corrected chi connectivity index (χ0v) is 10.3. The fourth-order valence-electron chi connectivity index (χ4n) is 1.56. The van der Waals surface area contributed by atoms with Gasteiger partial charge >= 0.3 is 5.69 Å². The summed E-state index contributed by atoms with van der Waals surface area (Å²) >= 11 is 0. The Kier molecular flexibility index (Phi) is 4.76. The first-order chi connectivity index (χ1) is 8.49. The van der Waals surface area contributed by atoms with E-state index in [0.29, 0.717) is 0 Å². The van der Waals surface area contributed by atoms with Gasteiger partial charge in [-0.05, 0) is 25.0 Å². The number of amides is 1. The molecular formula is C12H15FN2O3. The van der Waals surface area contributed by atoms with Crippen molar-refractivity contribution >= 4 is 11.6 Å². The van der Waals surface area contributed by atoms with Crippen molar-refractivity contribution in [2.24, 2.45) is 0 Å². The highest BCUT2D eigenvalue weighted by Gasteiger charge is 2.17. The predicted molar refractivity (Wildman–Crippen MR) is 64.9 cm³/mol. The fourth-order valence-corrected chi connectivity index (χ4v) is 1.56. The third-order valence-electron chi connectivity index (χ3n) is 2.73. The Morgan fingerprint density at radius 3 is 2.50 bits per heavy atom. The molecule has 0 saturated heterocycles. The Balaban J connectivity index is 2.88. The molecule has 1 rings (SSSR count). The van der Waals surface area contributed by atoms with E-state index in [1.807, 2.05) is 13.8 Å². The number of halogens is 1. The van der Waals surface area contributed by atoms with Crippen molar-refractivity contribution in [3.63, 3.8) is 0 Å². The minimum absolute atomic E-state index is 0.0238. The second kappa shape index (κ2) is 6.09. The Bertz CT molecular complexity index is 459. The van der Waals surface area contributed by atoms with Gasteiger partial charge in [0.05, 0.1) is 4.92 Å². The van der Waals surface area contributed by atoms with Gasteiger partial charge in [0, 0.05) is 17.7 Å². The summed E-state index contributed by atoms with van der Waals surface area (Å²) in [6.07, 6.45) is 1.55. The predicted octanol–water partition coefficient (Wildman–Crippen LogP) is 2.65. The molecule has 18 heavy (non-hydrogen) atoms. The lowest BCUT2D eigenvalue weighted by atomic mass is 10.1. The number of benzene rings is 1. The van der Waals surface area contributed by atoms with Crippen LogP contribution in [0.5, 0.6) is 0 Å². The molecule has 0 aliphatic rings. The van der Waals surface area contributed by atoms with Crippen LogP contribution in [0, 0.1) is 15.9 Å². The molecule has 0 fully saturated rings. The molecule has 0 aliphatic carbocycles. The maximum atomic E-state index is 13.3. The standard InChI is InChI=1S/C12H15FN2O3/c1-3-9(4-2)14-12(16)8-5-6-11(15(17)18)10(13)7-8/h5-7,9H,3-4H2,1-2H3,(H,14,16). The number of carbonyl (C=O) groups is 1. The van der Waals surface area contributed by atoms with Crippen molar-refractivity contribution in [3.05, 3.63) is 39.7 Å². The number of hydrogen-bond acceptors (Lipinski definition) is 3. The van der Waals surface area contributed by atoms with E-state index in [0.717, 1.165) is 25.0 Å². The van der Waals surface area contributed by atoms with Crippen LogP contribution in [0.15, 0.2) is 18.2 Å². The summed E-state index contributed by atoms with van der Waals surface area (Å²) in [7, 11) is 0. The maximum Gasteiger partial charge on any atom is 0.304 e. The van der Waals surface area contributed by atoms with Crippen molar-refractivity contribution in [1.29, 1.82) is 0 Å². The van der Waals surface area contributed by atoms with Crippen LogP contribution in [-0.4, -0.2) is 16.9 Å². The Morgan fingerprint density at radius 2 is 2.06 bits per heavy atom. The number of nitrogens with one attached hydrogen (secondary N) is 1. The van der Waals surface area contributed by atoms with Gasteiger partial charge in [0.1, 0.15) is 0 Å². The average Bonchev–Trinajstić information content (AvgIpc) is 2.34. The molecule has 0 spiro atoms. The highest BCUT2D eigenvalue weighted by atomic mass is 19.1. The number of nitrogens with zero attached hydrogens (tertiary/aromatic N) is 1. The molecule has 0 unspecified atom stereocenters. The van der Waals surface area contributed by atoms with Crippen molar-refractivity contribution in [2.75, 3.05) is 0 Å². The molecule has 1 amide bonds. The first-order valence-corrected chi connectivity index (χ1v) is 5.74. The van der Waals surface area contributed by atoms with Gasteiger partial charge in [0.2, 0.25) is 5.82 Å². The van der Waals surface area contributed by atoms with Gasteiger partial charge in [-0.2, -0.15) is 4.39 Å². The summed E-state index contributed by atoms with van der Waals surface area (Å²) in [6.45, 7) is 3.87. The van der Waals surface area contributed by atoms with Crippen LogP contribution in [0.1, 0.15) is 37.0 Å². The fraction of sp³-hybridized carbons (Fsp3) is 0.417. The molecule has 1 aromatic rings. The van der Waals surface area contributed by atoms with E-state index < -0.39 is 22.3 Å². The monoisotopic (exact) mass is 254 g/mol. The quantitative estimate of drug-likeness (QED) is 0.648. The number of nitro benzene ring substituents is 1. The average molecular weight is 254 g/mol. The van der Waals surface area contributed by atoms with Gasteiger partial charge in [-0.15, -0.1) is 0 Å². The van der Waals surface area contributed by atoms with E-state index in [1.54, 1.807) is 0 Å². The van der Waals surface area contributed by atoms with Crippen LogP contribution >= 0.6 is 0 Å². The topological polar surface area (TPSA) is 72.2 Å². The molecule has 98 valence electrons. The highest BCUT2D eigenvalue weighted by Crippen LogP contribution is 2.18. The van der Waals surface area contributed by atoms with Crippen LogP contribution in [0.3, 0.4) is 0 Å². The summed E-state index contributed by atoms with van der Waals surface area (Å²) in [5.74, 6) is -1.42. The molecule has 1 aromatic carbocycles. The van der Waals surface area contributed by atoms with E-state index in [-0.39, 0.29) is 11.6 Å². The number of rotatable bonds is 5. The van der Waals surface area contributed by atoms with E-state index in [9.17, 15) is 19.3 Å². The smallest absolute Gasteiger partial charge is 0.304 e. The van der Waals surface area contributed by atoms with Gasteiger partial charge in [0.15, 0.2) is 0 Å². The third kappa shape index (κ3) is 3.26. The number of hydrogen-bond donors (Lipinski definition) is 1. The first kappa shape index (κ1) is 14.1. The third-order valence-corrected chi connectivity index (χ3v) is 2.73. The molecule has 0 bridgehead atoms. The van der Waals surface area contributed by atoms with Gasteiger partial charge in [-0.1, -0.05) is 13.8 Å². The Morgan fingerprint density at radius 1 is 1.44 bits per heavy atom. The number of nitro groups is 1. The van der Waals surface area contributed by atoms with Crippen molar-refractivity contribution in [3.8, 4) is 0 Å². The van der Waals surface area contributed by atoms with Crippen LogP contribution in [0.4, 0.5) is 10.1 Å². The van der Waals surface area contributed by atoms with E-state index in [2.05, 4.69) is 5.32 Å². The maximum absolute atomic E-state index is 13.3. The van der Waals surface area contributed by atoms with Gasteiger partial charge in [-0.25, -0.2) is 0 Å².